The molecule has 2 rings (SSSR count). The average molecular weight is 313 g/mol. The van der Waals surface area contributed by atoms with E-state index < -0.39 is 0 Å². The maximum atomic E-state index is 11.5. The molecule has 5 nitrogen and oxygen atoms in total. The van der Waals surface area contributed by atoms with Crippen LogP contribution in [-0.4, -0.2) is 50.2 Å². The zero-order chi connectivity index (χ0) is 15.0. The Kier molecular flexibility index (Phi) is 6.83. The van der Waals surface area contributed by atoms with Gasteiger partial charge in [-0.15, -0.1) is 0 Å². The van der Waals surface area contributed by atoms with Crippen LogP contribution in [0.2, 0.25) is 0 Å². The summed E-state index contributed by atoms with van der Waals surface area (Å²) in [4.78, 5) is 16.2. The zero-order valence-electron chi connectivity index (χ0n) is 13.0. The third kappa shape index (κ3) is 5.51. The largest absolute Gasteiger partial charge is 0.383 e. The lowest BCUT2D eigenvalue weighted by Crippen LogP contribution is -2.38. The number of hydrogen-bond acceptors (Lipinski definition) is 5. The summed E-state index contributed by atoms with van der Waals surface area (Å²) < 4.78 is 4.89. The van der Waals surface area contributed by atoms with Crippen LogP contribution in [0, 0.1) is 5.41 Å². The summed E-state index contributed by atoms with van der Waals surface area (Å²) in [7, 11) is 1.63. The summed E-state index contributed by atoms with van der Waals surface area (Å²) >= 11 is 1.83. The monoisotopic (exact) mass is 313 g/mol. The topological polar surface area (TPSA) is 62.7 Å². The predicted molar refractivity (Wildman–Crippen MR) is 87.8 cm³/mol. The maximum absolute atomic E-state index is 11.5. The molecule has 2 N–H and O–H groups in total. The number of amides is 1. The first-order chi connectivity index (χ1) is 10.2. The van der Waals surface area contributed by atoms with Crippen LogP contribution in [0.15, 0.2) is 4.99 Å². The smallest absolute Gasteiger partial charge is 0.221 e. The number of nitrogens with zero attached hydrogens (tertiary/aromatic N) is 1. The first-order valence-electron chi connectivity index (χ1n) is 7.91. The molecular weight excluding hydrogens is 286 g/mol. The fourth-order valence-electron chi connectivity index (χ4n) is 2.93. The lowest BCUT2D eigenvalue weighted by Gasteiger charge is -2.38. The minimum Gasteiger partial charge on any atom is -0.383 e. The van der Waals surface area contributed by atoms with Crippen molar-refractivity contribution >= 4 is 22.8 Å². The van der Waals surface area contributed by atoms with E-state index in [4.69, 9.17) is 9.73 Å². The van der Waals surface area contributed by atoms with Crippen LogP contribution < -0.4 is 10.6 Å². The Morgan fingerprint density at radius 2 is 2.14 bits per heavy atom. The molecule has 0 bridgehead atoms. The molecule has 2 aliphatic rings. The molecule has 0 aromatic carbocycles. The summed E-state index contributed by atoms with van der Waals surface area (Å²) in [5, 5.41) is 7.11. The van der Waals surface area contributed by atoms with Crippen molar-refractivity contribution in [3.05, 3.63) is 0 Å². The van der Waals surface area contributed by atoms with Crippen LogP contribution in [0.4, 0.5) is 0 Å². The van der Waals surface area contributed by atoms with Gasteiger partial charge in [-0.3, -0.25) is 9.79 Å². The molecule has 1 aliphatic carbocycles. The van der Waals surface area contributed by atoms with Crippen LogP contribution in [0.25, 0.3) is 0 Å². The molecule has 21 heavy (non-hydrogen) atoms. The van der Waals surface area contributed by atoms with Gasteiger partial charge in [-0.25, -0.2) is 0 Å². The number of thioether (sulfide) groups is 1. The van der Waals surface area contributed by atoms with Gasteiger partial charge in [0.2, 0.25) is 5.91 Å². The van der Waals surface area contributed by atoms with Crippen molar-refractivity contribution in [2.45, 2.75) is 38.5 Å². The molecule has 0 unspecified atom stereocenters. The number of amidine groups is 1. The fourth-order valence-corrected chi connectivity index (χ4v) is 4.11. The number of aliphatic imine (C=N–C) groups is 1. The predicted octanol–water partition coefficient (Wildman–Crippen LogP) is 1.78. The van der Waals surface area contributed by atoms with Gasteiger partial charge in [0.05, 0.1) is 6.61 Å². The Hall–Kier alpha value is -0.750. The van der Waals surface area contributed by atoms with Gasteiger partial charge < -0.3 is 15.4 Å². The third-order valence-corrected chi connectivity index (χ3v) is 5.55. The van der Waals surface area contributed by atoms with E-state index in [2.05, 4.69) is 10.6 Å². The Morgan fingerprint density at radius 3 is 2.81 bits per heavy atom. The number of carbonyl (C=O) groups excluding carboxylic acids is 1. The Balaban J connectivity index is 1.62. The summed E-state index contributed by atoms with van der Waals surface area (Å²) in [6.45, 7) is 2.75. The normalized spacial score (nSPS) is 20.9. The van der Waals surface area contributed by atoms with Crippen molar-refractivity contribution in [2.75, 3.05) is 39.1 Å². The highest BCUT2D eigenvalue weighted by Gasteiger charge is 2.34. The van der Waals surface area contributed by atoms with E-state index in [0.29, 0.717) is 31.5 Å². The zero-order valence-corrected chi connectivity index (χ0v) is 13.8. The second-order valence-corrected chi connectivity index (χ2v) is 6.95. The second-order valence-electron chi connectivity index (χ2n) is 5.99. The van der Waals surface area contributed by atoms with Crippen LogP contribution in [-0.2, 0) is 9.53 Å². The van der Waals surface area contributed by atoms with E-state index in [0.717, 1.165) is 11.7 Å². The lowest BCUT2D eigenvalue weighted by atomic mass is 9.75. The number of nitrogens with one attached hydrogen (secondary N) is 2. The highest BCUT2D eigenvalue weighted by molar-refractivity contribution is 8.13. The molecule has 1 spiro atoms. The summed E-state index contributed by atoms with van der Waals surface area (Å²) in [5.41, 5.74) is 0.464. The van der Waals surface area contributed by atoms with Crippen molar-refractivity contribution in [1.29, 1.82) is 0 Å². The van der Waals surface area contributed by atoms with E-state index in [1.54, 1.807) is 7.11 Å². The molecule has 0 radical (unpaired) electrons. The van der Waals surface area contributed by atoms with E-state index in [-0.39, 0.29) is 5.91 Å². The SMILES string of the molecule is COCCNC(=O)CCNC1=NCC2(CCCCC2)CS1. The van der Waals surface area contributed by atoms with Gasteiger partial charge in [0.15, 0.2) is 5.17 Å². The lowest BCUT2D eigenvalue weighted by molar-refractivity contribution is -0.121. The molecule has 1 aliphatic heterocycles. The molecule has 0 saturated heterocycles. The van der Waals surface area contributed by atoms with Gasteiger partial charge in [-0.05, 0) is 18.3 Å². The third-order valence-electron chi connectivity index (χ3n) is 4.24. The van der Waals surface area contributed by atoms with Gasteiger partial charge in [0.25, 0.3) is 0 Å². The van der Waals surface area contributed by atoms with E-state index in [9.17, 15) is 4.79 Å². The van der Waals surface area contributed by atoms with Gasteiger partial charge in [-0.2, -0.15) is 0 Å². The summed E-state index contributed by atoms with van der Waals surface area (Å²) in [6, 6.07) is 0. The highest BCUT2D eigenvalue weighted by atomic mass is 32.2. The minimum atomic E-state index is 0.0599. The molecule has 1 amide bonds. The molecule has 0 aromatic heterocycles. The molecule has 6 heteroatoms. The van der Waals surface area contributed by atoms with E-state index in [1.807, 2.05) is 11.8 Å². The Labute approximate surface area is 131 Å². The Morgan fingerprint density at radius 1 is 1.33 bits per heavy atom. The van der Waals surface area contributed by atoms with Crippen molar-refractivity contribution < 1.29 is 9.53 Å². The second kappa shape index (κ2) is 8.63. The molecule has 1 heterocycles. The first kappa shape index (κ1) is 16.6. The average Bonchev–Trinajstić information content (AvgIpc) is 2.51. The molecule has 0 atom stereocenters. The van der Waals surface area contributed by atoms with E-state index >= 15 is 0 Å². The van der Waals surface area contributed by atoms with Gasteiger partial charge in [0, 0.05) is 38.9 Å². The molecule has 1 saturated carbocycles. The van der Waals surface area contributed by atoms with Gasteiger partial charge in [-0.1, -0.05) is 31.0 Å². The molecule has 120 valence electrons. The highest BCUT2D eigenvalue weighted by Crippen LogP contribution is 2.41. The van der Waals surface area contributed by atoms with Crippen molar-refractivity contribution in [2.24, 2.45) is 10.4 Å². The first-order valence-corrected chi connectivity index (χ1v) is 8.89. The van der Waals surface area contributed by atoms with Crippen LogP contribution in [0.5, 0.6) is 0 Å². The van der Waals surface area contributed by atoms with E-state index in [1.165, 1.54) is 37.9 Å². The molecular formula is C15H27N3O2S. The number of hydrogen-bond donors (Lipinski definition) is 2. The van der Waals surface area contributed by atoms with Crippen LogP contribution in [0.3, 0.4) is 0 Å². The standard InChI is InChI=1S/C15H27N3O2S/c1-20-10-9-16-13(19)5-8-17-14-18-11-15(12-21-14)6-3-2-4-7-15/h2-12H2,1H3,(H,16,19)(H,17,18). The minimum absolute atomic E-state index is 0.0599. The number of ether oxygens (including phenoxy) is 1. The maximum Gasteiger partial charge on any atom is 0.221 e. The fraction of sp³-hybridized carbons (Fsp3) is 0.867. The van der Waals surface area contributed by atoms with Crippen molar-refractivity contribution in [3.63, 3.8) is 0 Å². The quantitative estimate of drug-likeness (QED) is 0.734. The van der Waals surface area contributed by atoms with Crippen LogP contribution >= 0.6 is 11.8 Å². The summed E-state index contributed by atoms with van der Waals surface area (Å²) in [5.74, 6) is 1.24. The van der Waals surface area contributed by atoms with Crippen molar-refractivity contribution in [1.82, 2.24) is 10.6 Å². The number of rotatable bonds is 6. The number of methoxy groups -OCH3 is 1. The van der Waals surface area contributed by atoms with Crippen molar-refractivity contribution in [3.8, 4) is 0 Å². The molecule has 1 fully saturated rings. The Bertz CT molecular complexity index is 368. The summed E-state index contributed by atoms with van der Waals surface area (Å²) in [6.07, 6.45) is 7.26. The van der Waals surface area contributed by atoms with Gasteiger partial charge >= 0.3 is 0 Å². The van der Waals surface area contributed by atoms with Gasteiger partial charge in [0.1, 0.15) is 0 Å². The number of carbonyl (C=O) groups is 1. The molecule has 0 aromatic rings. The van der Waals surface area contributed by atoms with Crippen LogP contribution in [0.1, 0.15) is 38.5 Å².